The molecule has 0 saturated heterocycles. The number of esters is 1. The molecule has 0 N–H and O–H groups in total. The van der Waals surface area contributed by atoms with Gasteiger partial charge in [0.2, 0.25) is 5.90 Å². The molecule has 0 unspecified atom stereocenters. The van der Waals surface area contributed by atoms with Crippen LogP contribution in [0.5, 0.6) is 11.5 Å². The molecule has 6 heteroatoms. The Bertz CT molecular complexity index is 953. The Morgan fingerprint density at radius 2 is 1.78 bits per heavy atom. The van der Waals surface area contributed by atoms with Gasteiger partial charge in [-0.25, -0.2) is 9.79 Å². The molecule has 0 saturated carbocycles. The van der Waals surface area contributed by atoms with E-state index in [9.17, 15) is 4.79 Å². The van der Waals surface area contributed by atoms with Gasteiger partial charge >= 0.3 is 5.97 Å². The third-order valence-corrected chi connectivity index (χ3v) is 3.75. The predicted molar refractivity (Wildman–Crippen MR) is 101 cm³/mol. The number of nitrogens with zero attached hydrogens (tertiary/aromatic N) is 2. The highest BCUT2D eigenvalue weighted by Crippen LogP contribution is 2.30. The Labute approximate surface area is 157 Å². The molecule has 1 aliphatic rings. The van der Waals surface area contributed by atoms with Gasteiger partial charge in [-0.3, -0.25) is 0 Å². The molecule has 0 aliphatic carbocycles. The number of hydrogen-bond donors (Lipinski definition) is 0. The molecule has 1 aliphatic heterocycles. The summed E-state index contributed by atoms with van der Waals surface area (Å²) >= 11 is 0. The first kappa shape index (κ1) is 18.2. The molecule has 0 spiro atoms. The number of cyclic esters (lactones) is 1. The van der Waals surface area contributed by atoms with Crippen molar-refractivity contribution in [3.8, 4) is 17.6 Å². The van der Waals surface area contributed by atoms with Crippen molar-refractivity contribution in [1.82, 2.24) is 0 Å². The van der Waals surface area contributed by atoms with E-state index in [0.29, 0.717) is 35.8 Å². The van der Waals surface area contributed by atoms with Gasteiger partial charge < -0.3 is 14.2 Å². The molecule has 0 amide bonds. The number of benzene rings is 2. The van der Waals surface area contributed by atoms with Crippen LogP contribution in [0.25, 0.3) is 6.08 Å². The van der Waals surface area contributed by atoms with Crippen molar-refractivity contribution in [2.45, 2.75) is 13.8 Å². The van der Waals surface area contributed by atoms with E-state index in [1.165, 1.54) is 0 Å². The molecule has 2 aromatic rings. The van der Waals surface area contributed by atoms with Crippen molar-refractivity contribution in [2.75, 3.05) is 13.2 Å². The van der Waals surface area contributed by atoms with E-state index in [1.54, 1.807) is 48.5 Å². The van der Waals surface area contributed by atoms with Crippen molar-refractivity contribution >= 4 is 17.9 Å². The molecular formula is C21H18N2O4. The molecular weight excluding hydrogens is 344 g/mol. The minimum atomic E-state index is -0.527. The lowest BCUT2D eigenvalue weighted by molar-refractivity contribution is -0.129. The molecule has 6 nitrogen and oxygen atoms in total. The topological polar surface area (TPSA) is 80.9 Å². The largest absolute Gasteiger partial charge is 0.490 e. The molecule has 0 aromatic heterocycles. The maximum absolute atomic E-state index is 12.2. The van der Waals surface area contributed by atoms with Gasteiger partial charge in [0.15, 0.2) is 17.2 Å². The second kappa shape index (κ2) is 8.19. The Morgan fingerprint density at radius 1 is 1.07 bits per heavy atom. The second-order valence-corrected chi connectivity index (χ2v) is 5.60. The molecule has 3 rings (SSSR count). The van der Waals surface area contributed by atoms with Crippen molar-refractivity contribution in [3.05, 3.63) is 64.9 Å². The molecule has 0 radical (unpaired) electrons. The molecule has 1 heterocycles. The van der Waals surface area contributed by atoms with Gasteiger partial charge in [-0.1, -0.05) is 12.1 Å². The Hall–Kier alpha value is -3.59. The van der Waals surface area contributed by atoms with E-state index >= 15 is 0 Å². The highest BCUT2D eigenvalue weighted by atomic mass is 16.6. The zero-order chi connectivity index (χ0) is 19.2. The quantitative estimate of drug-likeness (QED) is 0.578. The average Bonchev–Trinajstić information content (AvgIpc) is 3.04. The Morgan fingerprint density at radius 3 is 2.44 bits per heavy atom. The lowest BCUT2D eigenvalue weighted by Gasteiger charge is -2.11. The summed E-state index contributed by atoms with van der Waals surface area (Å²) in [5.41, 5.74) is 2.13. The van der Waals surface area contributed by atoms with Crippen molar-refractivity contribution in [1.29, 1.82) is 5.26 Å². The monoisotopic (exact) mass is 362 g/mol. The van der Waals surface area contributed by atoms with E-state index in [4.69, 9.17) is 19.5 Å². The van der Waals surface area contributed by atoms with Gasteiger partial charge in [0.05, 0.1) is 24.8 Å². The number of nitriles is 1. The SMILES string of the molecule is CCOc1ccc(C2=N/C(=C/c3ccc(C#N)cc3)C(=O)O2)cc1OCC. The zero-order valence-corrected chi connectivity index (χ0v) is 15.1. The number of carbonyl (C=O) groups is 1. The summed E-state index contributed by atoms with van der Waals surface area (Å²) in [6, 6.07) is 14.2. The summed E-state index contributed by atoms with van der Waals surface area (Å²) in [7, 11) is 0. The summed E-state index contributed by atoms with van der Waals surface area (Å²) in [4.78, 5) is 16.5. The van der Waals surface area contributed by atoms with Gasteiger partial charge in [0.1, 0.15) is 0 Å². The number of aliphatic imine (C=N–C) groups is 1. The fraction of sp³-hybridized carbons (Fsp3) is 0.190. The van der Waals surface area contributed by atoms with Crippen LogP contribution in [0.2, 0.25) is 0 Å². The highest BCUT2D eigenvalue weighted by Gasteiger charge is 2.25. The number of hydrogen-bond acceptors (Lipinski definition) is 6. The summed E-state index contributed by atoms with van der Waals surface area (Å²) in [6.45, 7) is 4.78. The predicted octanol–water partition coefficient (Wildman–Crippen LogP) is 3.70. The van der Waals surface area contributed by atoms with Crippen molar-refractivity contribution in [3.63, 3.8) is 0 Å². The maximum Gasteiger partial charge on any atom is 0.363 e. The first-order valence-electron chi connectivity index (χ1n) is 8.57. The number of ether oxygens (including phenoxy) is 3. The first-order valence-corrected chi connectivity index (χ1v) is 8.57. The lowest BCUT2D eigenvalue weighted by atomic mass is 10.1. The van der Waals surface area contributed by atoms with Crippen LogP contribution in [0.15, 0.2) is 53.2 Å². The third kappa shape index (κ3) is 4.15. The summed E-state index contributed by atoms with van der Waals surface area (Å²) < 4.78 is 16.4. The maximum atomic E-state index is 12.2. The molecule has 136 valence electrons. The van der Waals surface area contributed by atoms with E-state index in [-0.39, 0.29) is 11.6 Å². The minimum Gasteiger partial charge on any atom is -0.490 e. The van der Waals surface area contributed by atoms with Gasteiger partial charge in [-0.15, -0.1) is 0 Å². The molecule has 0 fully saturated rings. The Kier molecular flexibility index (Phi) is 5.53. The van der Waals surface area contributed by atoms with E-state index < -0.39 is 5.97 Å². The molecule has 2 aromatic carbocycles. The van der Waals surface area contributed by atoms with E-state index in [0.717, 1.165) is 5.56 Å². The molecule has 0 bridgehead atoms. The molecule has 0 atom stereocenters. The van der Waals surface area contributed by atoms with Crippen LogP contribution in [-0.2, 0) is 9.53 Å². The highest BCUT2D eigenvalue weighted by molar-refractivity contribution is 6.13. The third-order valence-electron chi connectivity index (χ3n) is 3.75. The van der Waals surface area contributed by atoms with E-state index in [2.05, 4.69) is 11.1 Å². The second-order valence-electron chi connectivity index (χ2n) is 5.60. The minimum absolute atomic E-state index is 0.196. The van der Waals surface area contributed by atoms with Crippen LogP contribution in [0.3, 0.4) is 0 Å². The number of carbonyl (C=O) groups excluding carboxylic acids is 1. The fourth-order valence-corrected chi connectivity index (χ4v) is 2.53. The standard InChI is InChI=1S/C21H18N2O4/c1-3-25-18-10-9-16(12-19(18)26-4-2)20-23-17(21(24)27-20)11-14-5-7-15(13-22)8-6-14/h5-12H,3-4H2,1-2H3/b17-11+. The van der Waals surface area contributed by atoms with Gasteiger partial charge in [0.25, 0.3) is 0 Å². The summed E-state index contributed by atoms with van der Waals surface area (Å²) in [5, 5.41) is 8.85. The lowest BCUT2D eigenvalue weighted by Crippen LogP contribution is -2.06. The summed E-state index contributed by atoms with van der Waals surface area (Å²) in [6.07, 6.45) is 1.62. The van der Waals surface area contributed by atoms with Crippen LogP contribution in [0.1, 0.15) is 30.5 Å². The normalized spacial score (nSPS) is 14.5. The van der Waals surface area contributed by atoms with Crippen LogP contribution in [-0.4, -0.2) is 25.1 Å². The van der Waals surface area contributed by atoms with Crippen LogP contribution < -0.4 is 9.47 Å². The fourth-order valence-electron chi connectivity index (χ4n) is 2.53. The van der Waals surface area contributed by atoms with Crippen LogP contribution in [0.4, 0.5) is 0 Å². The van der Waals surface area contributed by atoms with Crippen LogP contribution in [0, 0.1) is 11.3 Å². The van der Waals surface area contributed by atoms with Crippen molar-refractivity contribution < 1.29 is 19.0 Å². The van der Waals surface area contributed by atoms with Gasteiger partial charge in [-0.2, -0.15) is 5.26 Å². The zero-order valence-electron chi connectivity index (χ0n) is 15.1. The van der Waals surface area contributed by atoms with E-state index in [1.807, 2.05) is 13.8 Å². The number of rotatable bonds is 6. The summed E-state index contributed by atoms with van der Waals surface area (Å²) in [5.74, 6) is 0.881. The smallest absolute Gasteiger partial charge is 0.363 e. The van der Waals surface area contributed by atoms with Gasteiger partial charge in [0, 0.05) is 5.56 Å². The van der Waals surface area contributed by atoms with Crippen LogP contribution >= 0.6 is 0 Å². The first-order chi connectivity index (χ1) is 13.1. The Balaban J connectivity index is 1.90. The molecule has 27 heavy (non-hydrogen) atoms. The van der Waals surface area contributed by atoms with Gasteiger partial charge in [-0.05, 0) is 55.8 Å². The average molecular weight is 362 g/mol. The van der Waals surface area contributed by atoms with Crippen molar-refractivity contribution in [2.24, 2.45) is 4.99 Å².